The minimum atomic E-state index is -3.55. The molecule has 1 aromatic carbocycles. The Morgan fingerprint density at radius 1 is 1.39 bits per heavy atom. The van der Waals surface area contributed by atoms with Crippen molar-refractivity contribution in [3.05, 3.63) is 53.1 Å². The van der Waals surface area contributed by atoms with Crippen LogP contribution in [-0.4, -0.2) is 20.0 Å². The highest BCUT2D eigenvalue weighted by atomic mass is 127. The van der Waals surface area contributed by atoms with Gasteiger partial charge in [0.05, 0.1) is 25.6 Å². The van der Waals surface area contributed by atoms with Gasteiger partial charge in [0.25, 0.3) is 0 Å². The molecule has 1 aromatic heterocycles. The first-order chi connectivity index (χ1) is 11.1. The van der Waals surface area contributed by atoms with E-state index in [-0.39, 0.29) is 0 Å². The number of H-pyrrole nitrogens is 1. The van der Waals surface area contributed by atoms with E-state index < -0.39 is 9.84 Å². The maximum atomic E-state index is 12.9. The first-order valence-electron chi connectivity index (χ1n) is 7.09. The SMILES string of the molecule is C/C=C\C(=C/C)S(=O)(=O)c1c[nH]c2cccc(CCOSI)c12. The average molecular weight is 463 g/mol. The minimum Gasteiger partial charge on any atom is -0.360 e. The Labute approximate surface area is 153 Å². The number of hydrogen-bond acceptors (Lipinski definition) is 4. The predicted octanol–water partition coefficient (Wildman–Crippen LogP) is 4.98. The molecule has 7 heteroatoms. The minimum absolute atomic E-state index is 0.301. The van der Waals surface area contributed by atoms with Crippen molar-refractivity contribution in [1.82, 2.24) is 4.98 Å². The Morgan fingerprint density at radius 2 is 2.17 bits per heavy atom. The highest BCUT2D eigenvalue weighted by Crippen LogP contribution is 2.31. The number of hydrogen-bond donors (Lipinski definition) is 1. The van der Waals surface area contributed by atoms with Gasteiger partial charge in [0.15, 0.2) is 0 Å². The van der Waals surface area contributed by atoms with Crippen LogP contribution in [0.1, 0.15) is 19.4 Å². The molecule has 0 amide bonds. The summed E-state index contributed by atoms with van der Waals surface area (Å²) in [5.41, 5.74) is 1.78. The van der Waals surface area contributed by atoms with Crippen molar-refractivity contribution < 1.29 is 12.6 Å². The smallest absolute Gasteiger partial charge is 0.208 e. The van der Waals surface area contributed by atoms with Crippen LogP contribution >= 0.6 is 30.4 Å². The van der Waals surface area contributed by atoms with Gasteiger partial charge < -0.3 is 9.17 Å². The third kappa shape index (κ3) is 4.01. The summed E-state index contributed by atoms with van der Waals surface area (Å²) < 4.78 is 31.2. The number of fused-ring (bicyclic) bond motifs is 1. The van der Waals surface area contributed by atoms with Crippen LogP contribution in [-0.2, 0) is 20.4 Å². The van der Waals surface area contributed by atoms with Gasteiger partial charge in [-0.25, -0.2) is 8.42 Å². The third-order valence-electron chi connectivity index (χ3n) is 3.47. The van der Waals surface area contributed by atoms with Gasteiger partial charge in [0.2, 0.25) is 9.84 Å². The Kier molecular flexibility index (Phi) is 6.75. The standard InChI is InChI=1S/C16H18INO3S2/c1-3-6-13(4-2)23(19,20)15-11-18-14-8-5-7-12(16(14)15)9-10-21-22-17/h3-8,11,18H,9-10H2,1-2H3/b6-3-,13-4+. The number of nitrogens with one attached hydrogen (secondary N) is 1. The number of rotatable bonds is 7. The summed E-state index contributed by atoms with van der Waals surface area (Å²) in [5.74, 6) is 0. The first kappa shape index (κ1) is 18.6. The third-order valence-corrected chi connectivity index (χ3v) is 6.38. The summed E-state index contributed by atoms with van der Waals surface area (Å²) in [5, 5.41) is 0.749. The molecule has 0 atom stereocenters. The van der Waals surface area contributed by atoms with E-state index in [2.05, 4.69) is 26.2 Å². The van der Waals surface area contributed by atoms with Gasteiger partial charge in [-0.15, -0.1) is 0 Å². The Bertz CT molecular complexity index is 838. The van der Waals surface area contributed by atoms with E-state index in [9.17, 15) is 8.42 Å². The Hall–Kier alpha value is -0.770. The van der Waals surface area contributed by atoms with Crippen LogP contribution in [0, 0.1) is 0 Å². The summed E-state index contributed by atoms with van der Waals surface area (Å²) in [6.07, 6.45) is 7.19. The van der Waals surface area contributed by atoms with Crippen molar-refractivity contribution in [2.24, 2.45) is 0 Å². The quantitative estimate of drug-likeness (QED) is 0.272. The van der Waals surface area contributed by atoms with Crippen molar-refractivity contribution >= 4 is 51.2 Å². The van der Waals surface area contributed by atoms with Crippen molar-refractivity contribution in [2.75, 3.05) is 6.61 Å². The molecule has 2 rings (SSSR count). The molecule has 0 aliphatic heterocycles. The number of sulfone groups is 1. The summed E-state index contributed by atoms with van der Waals surface area (Å²) in [7, 11) is -2.28. The van der Waals surface area contributed by atoms with Crippen LogP contribution in [0.3, 0.4) is 0 Å². The van der Waals surface area contributed by atoms with E-state index in [4.69, 9.17) is 4.18 Å². The van der Waals surface area contributed by atoms with Crippen LogP contribution in [0.15, 0.2) is 52.4 Å². The lowest BCUT2D eigenvalue weighted by Gasteiger charge is -2.08. The molecule has 2 aromatic rings. The van der Waals surface area contributed by atoms with Crippen LogP contribution in [0.5, 0.6) is 0 Å². The lowest BCUT2D eigenvalue weighted by molar-refractivity contribution is 0.386. The fraction of sp³-hybridized carbons (Fsp3) is 0.250. The molecule has 0 bridgehead atoms. The summed E-state index contributed by atoms with van der Waals surface area (Å²) >= 11 is 2.07. The Morgan fingerprint density at radius 3 is 2.83 bits per heavy atom. The molecular weight excluding hydrogens is 445 g/mol. The zero-order valence-corrected chi connectivity index (χ0v) is 16.7. The number of allylic oxidation sites excluding steroid dienone is 3. The average Bonchev–Trinajstić information content (AvgIpc) is 2.98. The molecule has 0 unspecified atom stereocenters. The number of aromatic amines is 1. The van der Waals surface area contributed by atoms with Gasteiger partial charge in [-0.3, -0.25) is 0 Å². The lowest BCUT2D eigenvalue weighted by Crippen LogP contribution is -2.04. The highest BCUT2D eigenvalue weighted by Gasteiger charge is 2.23. The second-order valence-corrected chi connectivity index (χ2v) is 8.18. The van der Waals surface area contributed by atoms with Crippen molar-refractivity contribution in [3.63, 3.8) is 0 Å². The van der Waals surface area contributed by atoms with E-state index in [0.717, 1.165) is 16.5 Å². The van der Waals surface area contributed by atoms with Gasteiger partial charge in [0, 0.05) is 38.3 Å². The molecule has 23 heavy (non-hydrogen) atoms. The van der Waals surface area contributed by atoms with Crippen LogP contribution in [0.4, 0.5) is 0 Å². The second-order valence-electron chi connectivity index (χ2n) is 4.82. The number of aromatic nitrogens is 1. The molecule has 0 aliphatic rings. The van der Waals surface area contributed by atoms with E-state index in [1.807, 2.05) is 18.2 Å². The van der Waals surface area contributed by atoms with E-state index in [1.165, 1.54) is 9.21 Å². The van der Waals surface area contributed by atoms with E-state index in [0.29, 0.717) is 22.8 Å². The number of benzene rings is 1. The van der Waals surface area contributed by atoms with Gasteiger partial charge in [-0.05, 0) is 38.0 Å². The predicted molar refractivity (Wildman–Crippen MR) is 105 cm³/mol. The number of halogens is 1. The van der Waals surface area contributed by atoms with Gasteiger partial charge >= 0.3 is 0 Å². The lowest BCUT2D eigenvalue weighted by atomic mass is 10.1. The molecule has 4 nitrogen and oxygen atoms in total. The van der Waals surface area contributed by atoms with E-state index in [1.54, 1.807) is 38.3 Å². The van der Waals surface area contributed by atoms with Crippen molar-refractivity contribution in [1.29, 1.82) is 0 Å². The van der Waals surface area contributed by atoms with Gasteiger partial charge in [-0.1, -0.05) is 24.3 Å². The first-order valence-corrected chi connectivity index (χ1v) is 11.9. The summed E-state index contributed by atoms with van der Waals surface area (Å²) in [4.78, 5) is 3.69. The molecule has 0 aliphatic carbocycles. The van der Waals surface area contributed by atoms with Gasteiger partial charge in [-0.2, -0.15) is 0 Å². The molecule has 1 N–H and O–H groups in total. The van der Waals surface area contributed by atoms with Crippen LogP contribution in [0.2, 0.25) is 0 Å². The van der Waals surface area contributed by atoms with Crippen molar-refractivity contribution in [3.8, 4) is 0 Å². The largest absolute Gasteiger partial charge is 0.360 e. The molecule has 0 radical (unpaired) electrons. The second kappa shape index (κ2) is 8.36. The van der Waals surface area contributed by atoms with E-state index >= 15 is 0 Å². The van der Waals surface area contributed by atoms with Crippen molar-refractivity contribution in [2.45, 2.75) is 25.2 Å². The molecule has 124 valence electrons. The normalized spacial score (nSPS) is 13.3. The monoisotopic (exact) mass is 463 g/mol. The fourth-order valence-electron chi connectivity index (χ4n) is 2.46. The van der Waals surface area contributed by atoms with Gasteiger partial charge in [0.1, 0.15) is 0 Å². The highest BCUT2D eigenvalue weighted by molar-refractivity contribution is 14.2. The molecule has 0 saturated carbocycles. The molecule has 0 fully saturated rings. The topological polar surface area (TPSA) is 59.2 Å². The molecular formula is C16H18INO3S2. The summed E-state index contributed by atoms with van der Waals surface area (Å²) in [6.45, 7) is 4.07. The Balaban J connectivity index is 2.57. The maximum Gasteiger partial charge on any atom is 0.208 e. The zero-order valence-electron chi connectivity index (χ0n) is 12.9. The fourth-order valence-corrected chi connectivity index (χ4v) is 4.75. The zero-order chi connectivity index (χ0) is 16.9. The molecule has 0 spiro atoms. The molecule has 1 heterocycles. The van der Waals surface area contributed by atoms with Crippen LogP contribution in [0.25, 0.3) is 10.9 Å². The van der Waals surface area contributed by atoms with Crippen LogP contribution < -0.4 is 0 Å². The summed E-state index contributed by atoms with van der Waals surface area (Å²) in [6, 6.07) is 5.75. The maximum absolute atomic E-state index is 12.9. The molecule has 0 saturated heterocycles.